The van der Waals surface area contributed by atoms with E-state index in [2.05, 4.69) is 24.1 Å². The lowest BCUT2D eigenvalue weighted by atomic mass is 9.92. The summed E-state index contributed by atoms with van der Waals surface area (Å²) in [5.74, 6) is 1.30. The van der Waals surface area contributed by atoms with Crippen LogP contribution in [0.25, 0.3) is 0 Å². The summed E-state index contributed by atoms with van der Waals surface area (Å²) in [6, 6.07) is 0. The Hall–Kier alpha value is -0.700. The molecule has 3 heterocycles. The van der Waals surface area contributed by atoms with Crippen LogP contribution in [0, 0.1) is 17.8 Å². The Labute approximate surface area is 171 Å². The molecule has 28 heavy (non-hydrogen) atoms. The van der Waals surface area contributed by atoms with Crippen LogP contribution < -0.4 is 5.32 Å². The van der Waals surface area contributed by atoms with Crippen molar-refractivity contribution in [1.29, 1.82) is 0 Å². The van der Waals surface area contributed by atoms with Gasteiger partial charge in [-0.2, -0.15) is 17.0 Å². The van der Waals surface area contributed by atoms with E-state index in [4.69, 9.17) is 0 Å². The van der Waals surface area contributed by atoms with Crippen LogP contribution in [0.3, 0.4) is 0 Å². The van der Waals surface area contributed by atoms with Gasteiger partial charge in [-0.15, -0.1) is 0 Å². The molecule has 7 nitrogen and oxygen atoms in total. The lowest BCUT2D eigenvalue weighted by Gasteiger charge is -2.35. The Kier molecular flexibility index (Phi) is 7.75. The van der Waals surface area contributed by atoms with Crippen molar-refractivity contribution in [3.8, 4) is 0 Å². The highest BCUT2D eigenvalue weighted by Crippen LogP contribution is 2.24. The molecule has 0 spiro atoms. The summed E-state index contributed by atoms with van der Waals surface area (Å²) < 4.78 is 28.6. The van der Waals surface area contributed by atoms with Crippen LogP contribution in [0.4, 0.5) is 0 Å². The molecule has 3 aliphatic rings. The predicted molar refractivity (Wildman–Crippen MR) is 111 cm³/mol. The zero-order valence-corrected chi connectivity index (χ0v) is 18.4. The number of hydrogen-bond acceptors (Lipinski definition) is 4. The van der Waals surface area contributed by atoms with Crippen LogP contribution in [-0.2, 0) is 15.0 Å². The van der Waals surface area contributed by atoms with Crippen molar-refractivity contribution in [2.45, 2.75) is 52.4 Å². The Balaban J connectivity index is 1.40. The Bertz CT molecular complexity index is 611. The minimum Gasteiger partial charge on any atom is -0.356 e. The molecule has 0 saturated carbocycles. The van der Waals surface area contributed by atoms with Gasteiger partial charge in [0.25, 0.3) is 10.2 Å². The van der Waals surface area contributed by atoms with Gasteiger partial charge < -0.3 is 10.2 Å². The fourth-order valence-corrected chi connectivity index (χ4v) is 6.86. The summed E-state index contributed by atoms with van der Waals surface area (Å²) in [5.41, 5.74) is 0. The van der Waals surface area contributed by atoms with Crippen molar-refractivity contribution in [1.82, 2.24) is 18.8 Å². The number of nitrogens with one attached hydrogen (secondary N) is 1. The minimum absolute atomic E-state index is 0.0155. The lowest BCUT2D eigenvalue weighted by molar-refractivity contribution is -0.126. The summed E-state index contributed by atoms with van der Waals surface area (Å²) >= 11 is 0. The molecule has 1 amide bonds. The number of carbonyl (C=O) groups excluding carboxylic acids is 1. The van der Waals surface area contributed by atoms with Gasteiger partial charge in [0.05, 0.1) is 5.92 Å². The highest BCUT2D eigenvalue weighted by atomic mass is 32.2. The maximum Gasteiger partial charge on any atom is 0.281 e. The van der Waals surface area contributed by atoms with Gasteiger partial charge >= 0.3 is 0 Å². The molecule has 3 saturated heterocycles. The van der Waals surface area contributed by atoms with Crippen LogP contribution in [0.2, 0.25) is 0 Å². The summed E-state index contributed by atoms with van der Waals surface area (Å²) in [6.45, 7) is 10.7. The van der Waals surface area contributed by atoms with E-state index < -0.39 is 10.2 Å². The first-order chi connectivity index (χ1) is 13.4. The van der Waals surface area contributed by atoms with Crippen LogP contribution in [-0.4, -0.2) is 80.2 Å². The van der Waals surface area contributed by atoms with Crippen LogP contribution >= 0.6 is 0 Å². The van der Waals surface area contributed by atoms with Crippen LogP contribution in [0.5, 0.6) is 0 Å². The number of hydrogen-bond donors (Lipinski definition) is 1. The number of carbonyl (C=O) groups is 1. The molecular formula is C20H38N4O3S. The van der Waals surface area contributed by atoms with Crippen LogP contribution in [0.15, 0.2) is 0 Å². The van der Waals surface area contributed by atoms with Gasteiger partial charge in [-0.3, -0.25) is 4.79 Å². The van der Waals surface area contributed by atoms with E-state index in [0.29, 0.717) is 32.7 Å². The van der Waals surface area contributed by atoms with Crippen molar-refractivity contribution in [2.24, 2.45) is 17.8 Å². The average Bonchev–Trinajstić information content (AvgIpc) is 3.20. The second-order valence-electron chi connectivity index (χ2n) is 9.16. The number of amides is 1. The summed E-state index contributed by atoms with van der Waals surface area (Å²) in [5, 5.41) is 3.06. The van der Waals surface area contributed by atoms with Gasteiger partial charge in [0.1, 0.15) is 0 Å². The van der Waals surface area contributed by atoms with E-state index >= 15 is 0 Å². The molecule has 0 aromatic carbocycles. The molecular weight excluding hydrogens is 376 g/mol. The van der Waals surface area contributed by atoms with E-state index in [-0.39, 0.29) is 11.8 Å². The predicted octanol–water partition coefficient (Wildman–Crippen LogP) is 1.52. The van der Waals surface area contributed by atoms with Gasteiger partial charge in [-0.1, -0.05) is 13.8 Å². The third-order valence-corrected chi connectivity index (χ3v) is 8.37. The van der Waals surface area contributed by atoms with Gasteiger partial charge in [-0.05, 0) is 56.9 Å². The quantitative estimate of drug-likeness (QED) is 0.641. The zero-order chi connectivity index (χ0) is 20.1. The molecule has 3 atom stereocenters. The first-order valence-corrected chi connectivity index (χ1v) is 12.5. The van der Waals surface area contributed by atoms with Crippen molar-refractivity contribution >= 4 is 16.1 Å². The standard InChI is InChI=1S/C20H38N4O3S/c1-17-13-18(2)15-22(14-17)9-6-8-21-20(25)19-7-5-12-24(16-19)28(26,27)23-10-3-4-11-23/h17-19H,3-16H2,1-2H3,(H,21,25)/t17-,18+,19-/m1/s1. The van der Waals surface area contributed by atoms with Gasteiger partial charge in [0.2, 0.25) is 5.91 Å². The second-order valence-corrected chi connectivity index (χ2v) is 11.1. The molecule has 0 aromatic heterocycles. The fraction of sp³-hybridized carbons (Fsp3) is 0.950. The van der Waals surface area contributed by atoms with Crippen molar-refractivity contribution in [2.75, 3.05) is 52.4 Å². The Morgan fingerprint density at radius 1 is 0.964 bits per heavy atom. The molecule has 3 fully saturated rings. The van der Waals surface area contributed by atoms with E-state index in [1.807, 2.05) is 0 Å². The molecule has 0 bridgehead atoms. The molecule has 162 valence electrons. The molecule has 8 heteroatoms. The lowest BCUT2D eigenvalue weighted by Crippen LogP contribution is -2.50. The molecule has 0 unspecified atom stereocenters. The first kappa shape index (κ1) is 22.0. The third-order valence-electron chi connectivity index (χ3n) is 6.37. The highest BCUT2D eigenvalue weighted by molar-refractivity contribution is 7.86. The third kappa shape index (κ3) is 5.68. The van der Waals surface area contributed by atoms with Crippen molar-refractivity contribution in [3.63, 3.8) is 0 Å². The van der Waals surface area contributed by atoms with E-state index in [0.717, 1.165) is 63.6 Å². The smallest absolute Gasteiger partial charge is 0.281 e. The number of rotatable bonds is 7. The monoisotopic (exact) mass is 414 g/mol. The molecule has 0 aromatic rings. The van der Waals surface area contributed by atoms with Gasteiger partial charge in [-0.25, -0.2) is 0 Å². The first-order valence-electron chi connectivity index (χ1n) is 11.1. The fourth-order valence-electron chi connectivity index (χ4n) is 5.08. The highest BCUT2D eigenvalue weighted by Gasteiger charge is 2.36. The minimum atomic E-state index is -3.40. The maximum absolute atomic E-state index is 12.8. The topological polar surface area (TPSA) is 73.0 Å². The maximum atomic E-state index is 12.8. The summed E-state index contributed by atoms with van der Waals surface area (Å²) in [7, 11) is -3.40. The van der Waals surface area contributed by atoms with E-state index in [9.17, 15) is 13.2 Å². The summed E-state index contributed by atoms with van der Waals surface area (Å²) in [6.07, 6.45) is 5.67. The zero-order valence-electron chi connectivity index (χ0n) is 17.6. The molecule has 0 radical (unpaired) electrons. The molecule has 3 aliphatic heterocycles. The molecule has 3 rings (SSSR count). The van der Waals surface area contributed by atoms with E-state index in [1.165, 1.54) is 10.7 Å². The van der Waals surface area contributed by atoms with E-state index in [1.54, 1.807) is 4.31 Å². The Morgan fingerprint density at radius 3 is 2.29 bits per heavy atom. The summed E-state index contributed by atoms with van der Waals surface area (Å²) in [4.78, 5) is 15.1. The van der Waals surface area contributed by atoms with Gasteiger partial charge in [0.15, 0.2) is 0 Å². The van der Waals surface area contributed by atoms with Crippen molar-refractivity contribution in [3.05, 3.63) is 0 Å². The SMILES string of the molecule is C[C@@H]1C[C@H](C)CN(CCCNC(=O)[C@@H]2CCCN(S(=O)(=O)N3CCCC3)C2)C1. The number of likely N-dealkylation sites (tertiary alicyclic amines) is 1. The number of piperidine rings is 2. The van der Waals surface area contributed by atoms with Crippen molar-refractivity contribution < 1.29 is 13.2 Å². The molecule has 1 N–H and O–H groups in total. The normalized spacial score (nSPS) is 31.1. The van der Waals surface area contributed by atoms with Crippen LogP contribution in [0.1, 0.15) is 52.4 Å². The Morgan fingerprint density at radius 2 is 1.61 bits per heavy atom. The number of nitrogens with zero attached hydrogens (tertiary/aromatic N) is 3. The second kappa shape index (κ2) is 9.87. The largest absolute Gasteiger partial charge is 0.356 e. The molecule has 0 aliphatic carbocycles. The van der Waals surface area contributed by atoms with Gasteiger partial charge in [0, 0.05) is 45.8 Å². The average molecular weight is 415 g/mol.